The number of nitrogens with zero attached hydrogens (tertiary/aromatic N) is 2. The molecule has 0 aliphatic carbocycles. The van der Waals surface area contributed by atoms with Crippen LogP contribution in [-0.4, -0.2) is 58.1 Å². The largest absolute Gasteiger partial charge is 0.444 e. The number of alkyl halides is 2. The molecule has 1 heterocycles. The Morgan fingerprint density at radius 2 is 2.00 bits per heavy atom. The molecule has 0 saturated carbocycles. The third kappa shape index (κ3) is 5.04. The van der Waals surface area contributed by atoms with E-state index in [2.05, 4.69) is 31.9 Å². The zero-order chi connectivity index (χ0) is 17.5. The summed E-state index contributed by atoms with van der Waals surface area (Å²) in [5.41, 5.74) is 0.928. The molecule has 1 aromatic rings. The number of benzene rings is 1. The second-order valence-corrected chi connectivity index (χ2v) is 7.69. The molecule has 2 unspecified atom stereocenters. The minimum Gasteiger partial charge on any atom is -0.444 e. The number of amides is 1. The van der Waals surface area contributed by atoms with Crippen LogP contribution in [0.3, 0.4) is 0 Å². The maximum Gasteiger partial charge on any atom is 0.411 e. The van der Waals surface area contributed by atoms with Crippen LogP contribution in [0, 0.1) is 0 Å². The fourth-order valence-corrected chi connectivity index (χ4v) is 4.27. The quantitative estimate of drug-likeness (QED) is 0.609. The summed E-state index contributed by atoms with van der Waals surface area (Å²) >= 11 is 6.78. The highest BCUT2D eigenvalue weighted by Gasteiger charge is 2.38. The van der Waals surface area contributed by atoms with Crippen molar-refractivity contribution in [1.82, 2.24) is 9.80 Å². The van der Waals surface area contributed by atoms with Crippen molar-refractivity contribution in [3.63, 3.8) is 0 Å². The van der Waals surface area contributed by atoms with Crippen LogP contribution in [0.4, 0.5) is 4.79 Å². The Balaban J connectivity index is 2.04. The third-order valence-electron chi connectivity index (χ3n) is 3.99. The number of carbonyl (C=O) groups is 2. The van der Waals surface area contributed by atoms with Crippen LogP contribution < -0.4 is 0 Å². The van der Waals surface area contributed by atoms with Crippen molar-refractivity contribution in [3.05, 3.63) is 35.9 Å². The summed E-state index contributed by atoms with van der Waals surface area (Å²) < 4.78 is 5.42. The Morgan fingerprint density at radius 3 is 2.67 bits per heavy atom. The van der Waals surface area contributed by atoms with Gasteiger partial charge in [0.2, 0.25) is 0 Å². The minimum absolute atomic E-state index is 0.00619. The third-order valence-corrected chi connectivity index (χ3v) is 5.35. The number of rotatable bonds is 6. The van der Waals surface area contributed by atoms with Crippen molar-refractivity contribution < 1.29 is 14.3 Å². The summed E-state index contributed by atoms with van der Waals surface area (Å²) in [7, 11) is 1.87. The van der Waals surface area contributed by atoms with Gasteiger partial charge in [-0.1, -0.05) is 62.2 Å². The molecule has 0 spiro atoms. The normalized spacial score (nSPS) is 19.8. The molecule has 1 aliphatic heterocycles. The van der Waals surface area contributed by atoms with Gasteiger partial charge in [0.25, 0.3) is 0 Å². The highest BCUT2D eigenvalue weighted by molar-refractivity contribution is 9.10. The summed E-state index contributed by atoms with van der Waals surface area (Å²) in [6, 6.07) is 9.53. The number of ketones is 1. The molecule has 5 nitrogen and oxygen atoms in total. The van der Waals surface area contributed by atoms with Crippen molar-refractivity contribution in [2.75, 3.05) is 25.5 Å². The highest BCUT2D eigenvalue weighted by Crippen LogP contribution is 2.21. The van der Waals surface area contributed by atoms with E-state index in [1.807, 2.05) is 42.3 Å². The molecule has 1 saturated heterocycles. The second kappa shape index (κ2) is 9.53. The van der Waals surface area contributed by atoms with Gasteiger partial charge in [-0.2, -0.15) is 0 Å². The van der Waals surface area contributed by atoms with E-state index in [1.54, 1.807) is 0 Å². The smallest absolute Gasteiger partial charge is 0.411 e. The molecule has 1 aliphatic rings. The molecular formula is C17H22Br2N2O3. The molecule has 1 amide bonds. The Bertz CT molecular complexity index is 556. The average molecular weight is 462 g/mol. The number of halogens is 2. The van der Waals surface area contributed by atoms with Crippen molar-refractivity contribution in [3.8, 4) is 0 Å². The van der Waals surface area contributed by atoms with E-state index in [1.165, 1.54) is 4.90 Å². The lowest BCUT2D eigenvalue weighted by molar-refractivity contribution is -0.131. The summed E-state index contributed by atoms with van der Waals surface area (Å²) in [5, 5.41) is 0.726. The summed E-state index contributed by atoms with van der Waals surface area (Å²) in [6.07, 6.45) is 0.482. The van der Waals surface area contributed by atoms with Gasteiger partial charge >= 0.3 is 6.09 Å². The van der Waals surface area contributed by atoms with Crippen LogP contribution in [0.5, 0.6) is 0 Å². The average Bonchev–Trinajstić information content (AvgIpc) is 2.60. The van der Waals surface area contributed by atoms with E-state index < -0.39 is 12.3 Å². The Labute approximate surface area is 159 Å². The zero-order valence-corrected chi connectivity index (χ0v) is 16.8. The SMILES string of the molecule is CN1CCCN(C(=O)OCc2ccccc2)C1C(=O)C(Br)CCBr. The lowest BCUT2D eigenvalue weighted by atomic mass is 10.1. The molecule has 1 aromatic carbocycles. The standard InChI is InChI=1S/C17H22Br2N2O3/c1-20-10-5-11-21(16(20)15(22)14(19)8-9-18)17(23)24-12-13-6-3-2-4-7-13/h2-4,6-7,14,16H,5,8-12H2,1H3. The Hall–Kier alpha value is -0.920. The summed E-state index contributed by atoms with van der Waals surface area (Å²) in [4.78, 5) is 28.4. The van der Waals surface area contributed by atoms with E-state index in [0.717, 1.165) is 23.9 Å². The molecule has 24 heavy (non-hydrogen) atoms. The van der Waals surface area contributed by atoms with Gasteiger partial charge in [0, 0.05) is 18.4 Å². The zero-order valence-electron chi connectivity index (χ0n) is 13.7. The van der Waals surface area contributed by atoms with Gasteiger partial charge in [-0.3, -0.25) is 14.6 Å². The molecule has 0 bridgehead atoms. The maximum atomic E-state index is 12.7. The number of hydrogen-bond acceptors (Lipinski definition) is 4. The van der Waals surface area contributed by atoms with Crippen LogP contribution in [-0.2, 0) is 16.1 Å². The van der Waals surface area contributed by atoms with Crippen LogP contribution >= 0.6 is 31.9 Å². The molecule has 0 N–H and O–H groups in total. The Kier molecular flexibility index (Phi) is 7.71. The first-order valence-electron chi connectivity index (χ1n) is 7.96. The van der Waals surface area contributed by atoms with Gasteiger partial charge in [-0.25, -0.2) is 4.79 Å². The highest BCUT2D eigenvalue weighted by atomic mass is 79.9. The monoisotopic (exact) mass is 460 g/mol. The van der Waals surface area contributed by atoms with Crippen LogP contribution in [0.15, 0.2) is 30.3 Å². The van der Waals surface area contributed by atoms with Crippen LogP contribution in [0.25, 0.3) is 0 Å². The number of hydrogen-bond donors (Lipinski definition) is 0. The van der Waals surface area contributed by atoms with Gasteiger partial charge in [0.1, 0.15) is 12.8 Å². The first-order valence-corrected chi connectivity index (χ1v) is 9.99. The first-order chi connectivity index (χ1) is 11.5. The number of ether oxygens (including phenoxy) is 1. The van der Waals surface area contributed by atoms with E-state index in [-0.39, 0.29) is 17.2 Å². The van der Waals surface area contributed by atoms with Gasteiger partial charge < -0.3 is 4.74 Å². The fraction of sp³-hybridized carbons (Fsp3) is 0.529. The van der Waals surface area contributed by atoms with E-state index in [9.17, 15) is 9.59 Å². The van der Waals surface area contributed by atoms with E-state index in [4.69, 9.17) is 4.74 Å². The number of likely N-dealkylation sites (N-methyl/N-ethyl adjacent to an activating group) is 1. The maximum absolute atomic E-state index is 12.7. The molecule has 2 rings (SSSR count). The van der Waals surface area contributed by atoms with E-state index >= 15 is 0 Å². The molecule has 1 fully saturated rings. The molecular weight excluding hydrogens is 440 g/mol. The second-order valence-electron chi connectivity index (χ2n) is 5.79. The number of carbonyl (C=O) groups excluding carboxylic acids is 2. The fourth-order valence-electron chi connectivity index (χ4n) is 2.74. The van der Waals surface area contributed by atoms with Gasteiger partial charge in [-0.05, 0) is 25.5 Å². The van der Waals surface area contributed by atoms with Gasteiger partial charge in [-0.15, -0.1) is 0 Å². The molecule has 7 heteroatoms. The van der Waals surface area contributed by atoms with Gasteiger partial charge in [0.15, 0.2) is 5.78 Å². The molecule has 132 valence electrons. The topological polar surface area (TPSA) is 49.9 Å². The number of Topliss-reactive ketones (excluding diaryl/α,β-unsaturated/α-hetero) is 1. The molecule has 2 atom stereocenters. The predicted octanol–water partition coefficient (Wildman–Crippen LogP) is 3.40. The van der Waals surface area contributed by atoms with Crippen molar-refractivity contribution in [2.24, 2.45) is 0 Å². The van der Waals surface area contributed by atoms with Crippen molar-refractivity contribution in [1.29, 1.82) is 0 Å². The minimum atomic E-state index is -0.578. The Morgan fingerprint density at radius 1 is 1.29 bits per heavy atom. The van der Waals surface area contributed by atoms with E-state index in [0.29, 0.717) is 13.0 Å². The lowest BCUT2D eigenvalue weighted by Gasteiger charge is -2.41. The van der Waals surface area contributed by atoms with Crippen LogP contribution in [0.1, 0.15) is 18.4 Å². The van der Waals surface area contributed by atoms with Crippen molar-refractivity contribution in [2.45, 2.75) is 30.4 Å². The molecule has 0 aromatic heterocycles. The molecule has 0 radical (unpaired) electrons. The first kappa shape index (κ1) is 19.4. The van der Waals surface area contributed by atoms with Crippen molar-refractivity contribution >= 4 is 43.7 Å². The summed E-state index contributed by atoms with van der Waals surface area (Å²) in [5.74, 6) is -0.00619. The lowest BCUT2D eigenvalue weighted by Crippen LogP contribution is -2.59. The predicted molar refractivity (Wildman–Crippen MR) is 101 cm³/mol. The van der Waals surface area contributed by atoms with Crippen LogP contribution in [0.2, 0.25) is 0 Å². The summed E-state index contributed by atoms with van der Waals surface area (Å²) in [6.45, 7) is 1.52. The van der Waals surface area contributed by atoms with Gasteiger partial charge in [0.05, 0.1) is 4.83 Å².